The summed E-state index contributed by atoms with van der Waals surface area (Å²) in [5.41, 5.74) is 0.525. The van der Waals surface area contributed by atoms with Crippen molar-refractivity contribution in [3.05, 3.63) is 28.2 Å². The number of halogens is 5. The molecule has 0 fully saturated rings. The van der Waals surface area contributed by atoms with Crippen molar-refractivity contribution in [2.24, 2.45) is 0 Å². The molecule has 1 amide bonds. The summed E-state index contributed by atoms with van der Waals surface area (Å²) in [6.07, 6.45) is -0.0264. The molecule has 1 aromatic rings. The number of anilines is 1. The van der Waals surface area contributed by atoms with Gasteiger partial charge in [-0.15, -0.1) is 0 Å². The number of nitrogens with one attached hydrogen (secondary N) is 3. The fraction of sp³-hybridized carbons (Fsp3) is 0.385. The zero-order chi connectivity index (χ0) is 17.6. The lowest BCUT2D eigenvalue weighted by Crippen LogP contribution is -2.56. The molecule has 0 radical (unpaired) electrons. The summed E-state index contributed by atoms with van der Waals surface area (Å²) in [6, 6.07) is 4.86. The highest BCUT2D eigenvalue weighted by Crippen LogP contribution is 2.29. The molecule has 0 bridgehead atoms. The number of amides is 1. The van der Waals surface area contributed by atoms with Gasteiger partial charge in [0.2, 0.25) is 9.70 Å². The molecule has 1 rings (SSSR count). The Hall–Kier alpha value is -0.170. The molecule has 3 N–H and O–H groups in total. The standard InChI is InChI=1S/C13H14Cl5N3OS/c1-2-3-10(22)20-11(13(16,17)18)21-12(23)19-9-5-4-7(14)6-8(9)15/h4-6,11H,2-3H2,1H3,(H,20,22)(H2,19,21,23)/t11-/m1/s1. The Bertz CT molecular complexity index is 579. The maximum atomic E-state index is 11.7. The van der Waals surface area contributed by atoms with Gasteiger partial charge in [0.15, 0.2) is 5.11 Å². The molecule has 0 heterocycles. The molecule has 0 saturated heterocycles. The fourth-order valence-corrected chi connectivity index (χ4v) is 2.55. The smallest absolute Gasteiger partial charge is 0.228 e. The molecule has 1 aromatic carbocycles. The van der Waals surface area contributed by atoms with Gasteiger partial charge in [-0.2, -0.15) is 0 Å². The van der Waals surface area contributed by atoms with E-state index in [1.54, 1.807) is 18.2 Å². The Morgan fingerprint density at radius 2 is 1.91 bits per heavy atom. The van der Waals surface area contributed by atoms with Crippen LogP contribution in [0.4, 0.5) is 5.69 Å². The first-order valence-corrected chi connectivity index (χ1v) is 8.82. The topological polar surface area (TPSA) is 53.2 Å². The molecule has 0 aliphatic rings. The van der Waals surface area contributed by atoms with E-state index in [4.69, 9.17) is 70.2 Å². The van der Waals surface area contributed by atoms with E-state index < -0.39 is 9.96 Å². The van der Waals surface area contributed by atoms with Gasteiger partial charge in [-0.25, -0.2) is 0 Å². The van der Waals surface area contributed by atoms with Gasteiger partial charge in [-0.1, -0.05) is 64.9 Å². The van der Waals surface area contributed by atoms with Crippen molar-refractivity contribution in [2.75, 3.05) is 5.32 Å². The highest BCUT2D eigenvalue weighted by atomic mass is 35.6. The molecule has 128 valence electrons. The van der Waals surface area contributed by atoms with E-state index >= 15 is 0 Å². The maximum Gasteiger partial charge on any atom is 0.228 e. The molecule has 0 aliphatic carbocycles. The van der Waals surface area contributed by atoms with Crippen molar-refractivity contribution in [2.45, 2.75) is 29.7 Å². The molecule has 0 aliphatic heterocycles. The van der Waals surface area contributed by atoms with Gasteiger partial charge in [0, 0.05) is 11.4 Å². The van der Waals surface area contributed by atoms with E-state index in [0.717, 1.165) is 0 Å². The number of hydrogen-bond acceptors (Lipinski definition) is 2. The summed E-state index contributed by atoms with van der Waals surface area (Å²) in [5, 5.41) is 9.15. The molecular formula is C13H14Cl5N3OS. The van der Waals surface area contributed by atoms with Crippen molar-refractivity contribution in [3.8, 4) is 0 Å². The first kappa shape index (κ1) is 20.9. The van der Waals surface area contributed by atoms with Crippen LogP contribution in [-0.2, 0) is 4.79 Å². The minimum Gasteiger partial charge on any atom is -0.339 e. The number of hydrogen-bond donors (Lipinski definition) is 3. The van der Waals surface area contributed by atoms with Crippen molar-refractivity contribution >= 4 is 86.9 Å². The van der Waals surface area contributed by atoms with Crippen LogP contribution in [0.2, 0.25) is 10.0 Å². The molecule has 23 heavy (non-hydrogen) atoms. The Morgan fingerprint density at radius 1 is 1.26 bits per heavy atom. The van der Waals surface area contributed by atoms with Gasteiger partial charge < -0.3 is 16.0 Å². The highest BCUT2D eigenvalue weighted by molar-refractivity contribution is 7.80. The second kappa shape index (κ2) is 9.35. The maximum absolute atomic E-state index is 11.7. The lowest BCUT2D eigenvalue weighted by Gasteiger charge is -2.27. The summed E-state index contributed by atoms with van der Waals surface area (Å²) < 4.78 is -1.79. The largest absolute Gasteiger partial charge is 0.339 e. The normalized spacial score (nSPS) is 12.4. The van der Waals surface area contributed by atoms with Crippen molar-refractivity contribution in [1.29, 1.82) is 0 Å². The molecule has 0 spiro atoms. The second-order valence-electron chi connectivity index (χ2n) is 4.51. The summed E-state index contributed by atoms with van der Waals surface area (Å²) in [5.74, 6) is -0.261. The first-order valence-electron chi connectivity index (χ1n) is 6.52. The predicted molar refractivity (Wildman–Crippen MR) is 103 cm³/mol. The van der Waals surface area contributed by atoms with Crippen LogP contribution < -0.4 is 16.0 Å². The predicted octanol–water partition coefficient (Wildman–Crippen LogP) is 4.89. The number of benzene rings is 1. The van der Waals surface area contributed by atoms with E-state index in [9.17, 15) is 4.79 Å². The quantitative estimate of drug-likeness (QED) is 0.349. The summed E-state index contributed by atoms with van der Waals surface area (Å²) >= 11 is 34.6. The molecular weight excluding hydrogens is 423 g/mol. The van der Waals surface area contributed by atoms with E-state index in [1.165, 1.54) is 0 Å². The molecule has 1 atom stereocenters. The molecule has 0 unspecified atom stereocenters. The Morgan fingerprint density at radius 3 is 2.43 bits per heavy atom. The van der Waals surface area contributed by atoms with E-state index in [-0.39, 0.29) is 11.0 Å². The third kappa shape index (κ3) is 7.50. The van der Waals surface area contributed by atoms with Crippen molar-refractivity contribution < 1.29 is 4.79 Å². The van der Waals surface area contributed by atoms with Crippen LogP contribution in [0.25, 0.3) is 0 Å². The van der Waals surface area contributed by atoms with Gasteiger partial charge >= 0.3 is 0 Å². The zero-order valence-corrected chi connectivity index (χ0v) is 16.5. The van der Waals surface area contributed by atoms with Crippen LogP contribution in [0.5, 0.6) is 0 Å². The number of carbonyl (C=O) groups excluding carboxylic acids is 1. The van der Waals surface area contributed by atoms with Crippen LogP contribution in [-0.4, -0.2) is 21.0 Å². The lowest BCUT2D eigenvalue weighted by atomic mass is 10.3. The van der Waals surface area contributed by atoms with Gasteiger partial charge in [0.05, 0.1) is 10.7 Å². The number of thiocarbonyl (C=S) groups is 1. The van der Waals surface area contributed by atoms with Gasteiger partial charge in [0.25, 0.3) is 0 Å². The molecule has 0 aromatic heterocycles. The van der Waals surface area contributed by atoms with Crippen LogP contribution >= 0.6 is 70.2 Å². The first-order chi connectivity index (χ1) is 10.6. The van der Waals surface area contributed by atoms with E-state index in [1.807, 2.05) is 6.92 Å². The van der Waals surface area contributed by atoms with Crippen LogP contribution in [0.3, 0.4) is 0 Å². The Labute approximate surface area is 165 Å². The highest BCUT2D eigenvalue weighted by Gasteiger charge is 2.34. The summed E-state index contributed by atoms with van der Waals surface area (Å²) in [6.45, 7) is 1.87. The number of alkyl halides is 3. The van der Waals surface area contributed by atoms with Gasteiger partial charge in [-0.3, -0.25) is 4.79 Å². The van der Waals surface area contributed by atoms with Crippen LogP contribution in [0, 0.1) is 0 Å². The molecule has 10 heteroatoms. The third-order valence-corrected chi connectivity index (χ3v) is 3.99. The third-order valence-electron chi connectivity index (χ3n) is 2.56. The number of carbonyl (C=O) groups is 1. The van der Waals surface area contributed by atoms with Crippen molar-refractivity contribution in [3.63, 3.8) is 0 Å². The second-order valence-corrected chi connectivity index (χ2v) is 8.14. The monoisotopic (exact) mass is 435 g/mol. The van der Waals surface area contributed by atoms with Gasteiger partial charge in [-0.05, 0) is 36.8 Å². The van der Waals surface area contributed by atoms with Gasteiger partial charge in [0.1, 0.15) is 6.17 Å². The summed E-state index contributed by atoms with van der Waals surface area (Å²) in [7, 11) is 0. The minimum atomic E-state index is -1.79. The average Bonchev–Trinajstić information content (AvgIpc) is 2.40. The minimum absolute atomic E-state index is 0.127. The Kier molecular flexibility index (Phi) is 8.48. The lowest BCUT2D eigenvalue weighted by molar-refractivity contribution is -0.121. The van der Waals surface area contributed by atoms with Crippen LogP contribution in [0.1, 0.15) is 19.8 Å². The number of rotatable bonds is 5. The van der Waals surface area contributed by atoms with Crippen LogP contribution in [0.15, 0.2) is 18.2 Å². The van der Waals surface area contributed by atoms with E-state index in [2.05, 4.69) is 16.0 Å². The van der Waals surface area contributed by atoms with Crippen molar-refractivity contribution in [1.82, 2.24) is 10.6 Å². The zero-order valence-electron chi connectivity index (χ0n) is 11.9. The van der Waals surface area contributed by atoms with E-state index in [0.29, 0.717) is 28.6 Å². The SMILES string of the molecule is CCCC(=O)N[C@H](NC(=S)Nc1ccc(Cl)cc1Cl)C(Cl)(Cl)Cl. The Balaban J connectivity index is 2.75. The molecule has 4 nitrogen and oxygen atoms in total. The summed E-state index contributed by atoms with van der Waals surface area (Å²) in [4.78, 5) is 11.7. The molecule has 0 saturated carbocycles. The fourth-order valence-electron chi connectivity index (χ4n) is 1.54. The average molecular weight is 438 g/mol.